The Labute approximate surface area is 315 Å². The quantitative estimate of drug-likeness (QED) is 0.183. The van der Waals surface area contributed by atoms with Crippen molar-refractivity contribution in [2.75, 3.05) is 0 Å². The smallest absolute Gasteiger partial charge is 0.160 e. The molecule has 4 nitrogen and oxygen atoms in total. The van der Waals surface area contributed by atoms with Gasteiger partial charge >= 0.3 is 0 Å². The summed E-state index contributed by atoms with van der Waals surface area (Å²) >= 11 is 1.90. The summed E-state index contributed by atoms with van der Waals surface area (Å²) in [6.07, 6.45) is 0. The van der Waals surface area contributed by atoms with Crippen molar-refractivity contribution in [1.82, 2.24) is 19.1 Å². The maximum atomic E-state index is 5.42. The lowest BCUT2D eigenvalue weighted by Crippen LogP contribution is -2.26. The molecule has 4 aromatic heterocycles. The topological polar surface area (TPSA) is 35.6 Å². The van der Waals surface area contributed by atoms with Crippen molar-refractivity contribution in [1.29, 1.82) is 0 Å². The van der Waals surface area contributed by atoms with Gasteiger partial charge in [-0.1, -0.05) is 123 Å². The molecule has 7 aromatic carbocycles. The van der Waals surface area contributed by atoms with Gasteiger partial charge in [0.15, 0.2) is 5.82 Å². The van der Waals surface area contributed by atoms with Crippen LogP contribution < -0.4 is 0 Å². The molecule has 0 atom stereocenters. The van der Waals surface area contributed by atoms with Crippen molar-refractivity contribution in [3.05, 3.63) is 169 Å². The van der Waals surface area contributed by atoms with Crippen LogP contribution in [0.4, 0.5) is 0 Å². The van der Waals surface area contributed by atoms with Gasteiger partial charge in [-0.2, -0.15) is 0 Å². The van der Waals surface area contributed by atoms with E-state index in [2.05, 4.69) is 181 Å². The average molecular weight is 709 g/mol. The number of aromatic nitrogens is 4. The zero-order chi connectivity index (χ0) is 35.7. The van der Waals surface area contributed by atoms with Crippen LogP contribution in [-0.2, 0) is 5.41 Å². The van der Waals surface area contributed by atoms with Crippen molar-refractivity contribution in [3.8, 4) is 34.0 Å². The molecular formula is C49H32N4S. The number of para-hydroxylation sites is 4. The van der Waals surface area contributed by atoms with Gasteiger partial charge in [0.1, 0.15) is 0 Å². The fourth-order valence-corrected chi connectivity index (χ4v) is 10.4. The summed E-state index contributed by atoms with van der Waals surface area (Å²) in [7, 11) is 0. The van der Waals surface area contributed by atoms with E-state index in [-0.39, 0.29) is 5.41 Å². The molecule has 0 amide bonds. The van der Waals surface area contributed by atoms with E-state index in [0.29, 0.717) is 5.82 Å². The maximum absolute atomic E-state index is 5.42. The van der Waals surface area contributed by atoms with E-state index >= 15 is 0 Å². The molecule has 0 unspecified atom stereocenters. The normalized spacial score (nSPS) is 13.5. The number of hydrogen-bond acceptors (Lipinski definition) is 3. The Balaban J connectivity index is 1.07. The number of hydrogen-bond donors (Lipinski definition) is 0. The molecule has 5 heteroatoms. The molecule has 1 aliphatic rings. The van der Waals surface area contributed by atoms with E-state index in [1.165, 1.54) is 69.8 Å². The van der Waals surface area contributed by atoms with E-state index in [9.17, 15) is 0 Å². The molecule has 0 N–H and O–H groups in total. The van der Waals surface area contributed by atoms with Crippen molar-refractivity contribution >= 4 is 75.3 Å². The summed E-state index contributed by atoms with van der Waals surface area (Å²) in [6.45, 7) is 4.74. The average Bonchev–Trinajstić information content (AvgIpc) is 3.87. The van der Waals surface area contributed by atoms with Crippen molar-refractivity contribution < 1.29 is 0 Å². The van der Waals surface area contributed by atoms with E-state index in [1.54, 1.807) is 0 Å². The highest BCUT2D eigenvalue weighted by Gasteiger charge is 2.36. The fourth-order valence-electron chi connectivity index (χ4n) is 9.20. The first kappa shape index (κ1) is 30.0. The third kappa shape index (κ3) is 3.97. The number of benzene rings is 7. The van der Waals surface area contributed by atoms with Crippen LogP contribution in [0, 0.1) is 0 Å². The third-order valence-electron chi connectivity index (χ3n) is 11.7. The minimum Gasteiger partial charge on any atom is -0.309 e. The first-order chi connectivity index (χ1) is 26.5. The van der Waals surface area contributed by atoms with Gasteiger partial charge in [-0.15, -0.1) is 11.3 Å². The standard InChI is InChI=1S/C49H32N4S/c1-49(2)37-20-12-19-36-45(37)53(46-35-18-6-10-24-43(35)54-47(36)46)42-26-25-29(28-38(42)49)44-34-17-3-7-21-39(34)50-48(51-44)30-13-11-14-31(27-30)52-40-22-8-4-15-32(40)33-16-5-9-23-41(33)52/h3-28H,1-2H3. The van der Waals surface area contributed by atoms with Gasteiger partial charge in [-0.25, -0.2) is 9.97 Å². The molecule has 0 spiro atoms. The van der Waals surface area contributed by atoms with E-state index in [4.69, 9.17) is 9.97 Å². The largest absolute Gasteiger partial charge is 0.309 e. The molecule has 0 bridgehead atoms. The van der Waals surface area contributed by atoms with Crippen LogP contribution in [0.1, 0.15) is 25.0 Å². The predicted octanol–water partition coefficient (Wildman–Crippen LogP) is 13.0. The second kappa shape index (κ2) is 10.8. The lowest BCUT2D eigenvalue weighted by atomic mass is 9.74. The molecule has 11 aromatic rings. The summed E-state index contributed by atoms with van der Waals surface area (Å²) < 4.78 is 7.57. The summed E-state index contributed by atoms with van der Waals surface area (Å²) in [6, 6.07) is 57.0. The molecule has 12 rings (SSSR count). The van der Waals surface area contributed by atoms with Crippen LogP contribution in [0.25, 0.3) is 97.9 Å². The Hall–Kier alpha value is -6.56. The second-order valence-corrected chi connectivity index (χ2v) is 16.1. The van der Waals surface area contributed by atoms with E-state index < -0.39 is 0 Å². The van der Waals surface area contributed by atoms with Gasteiger partial charge in [0.2, 0.25) is 0 Å². The first-order valence-electron chi connectivity index (χ1n) is 18.5. The molecule has 54 heavy (non-hydrogen) atoms. The van der Waals surface area contributed by atoms with Crippen molar-refractivity contribution in [3.63, 3.8) is 0 Å². The predicted molar refractivity (Wildman–Crippen MR) is 227 cm³/mol. The van der Waals surface area contributed by atoms with E-state index in [1.807, 2.05) is 11.3 Å². The minimum absolute atomic E-state index is 0.223. The van der Waals surface area contributed by atoms with Gasteiger partial charge in [0.25, 0.3) is 0 Å². The van der Waals surface area contributed by atoms with Gasteiger partial charge in [-0.05, 0) is 59.7 Å². The van der Waals surface area contributed by atoms with Gasteiger partial charge in [-0.3, -0.25) is 0 Å². The molecule has 5 heterocycles. The lowest BCUT2D eigenvalue weighted by molar-refractivity contribution is 0.630. The summed E-state index contributed by atoms with van der Waals surface area (Å²) in [5.41, 5.74) is 13.7. The Bertz CT molecular complexity index is 3320. The van der Waals surface area contributed by atoms with Gasteiger partial charge in [0.05, 0.1) is 43.7 Å². The number of rotatable bonds is 3. The lowest BCUT2D eigenvalue weighted by Gasteiger charge is -2.35. The van der Waals surface area contributed by atoms with Crippen LogP contribution in [0.3, 0.4) is 0 Å². The third-order valence-corrected chi connectivity index (χ3v) is 12.9. The highest BCUT2D eigenvalue weighted by atomic mass is 32.1. The van der Waals surface area contributed by atoms with E-state index in [0.717, 1.165) is 33.4 Å². The highest BCUT2D eigenvalue weighted by Crippen LogP contribution is 2.51. The molecular weight excluding hydrogens is 677 g/mol. The second-order valence-electron chi connectivity index (χ2n) is 15.0. The Morgan fingerprint density at radius 3 is 2.00 bits per heavy atom. The Morgan fingerprint density at radius 2 is 1.19 bits per heavy atom. The zero-order valence-electron chi connectivity index (χ0n) is 29.7. The molecule has 0 saturated heterocycles. The zero-order valence-corrected chi connectivity index (χ0v) is 30.5. The molecule has 0 aliphatic carbocycles. The minimum atomic E-state index is -0.223. The molecule has 254 valence electrons. The number of nitrogens with zero attached hydrogens (tertiary/aromatic N) is 4. The van der Waals surface area contributed by atoms with Crippen LogP contribution in [0.2, 0.25) is 0 Å². The molecule has 0 radical (unpaired) electrons. The first-order valence-corrected chi connectivity index (χ1v) is 19.3. The van der Waals surface area contributed by atoms with Crippen LogP contribution in [0.5, 0.6) is 0 Å². The maximum Gasteiger partial charge on any atom is 0.160 e. The summed E-state index contributed by atoms with van der Waals surface area (Å²) in [4.78, 5) is 10.6. The van der Waals surface area contributed by atoms with Gasteiger partial charge in [0, 0.05) is 53.9 Å². The SMILES string of the molecule is CC1(C)c2cc(-c3nc(-c4cccc(-n5c6ccccc6c6ccccc65)c4)nc4ccccc34)ccc2-n2c3c1cccc3c1sc3ccccc3c12. The number of thiophene rings is 1. The van der Waals surface area contributed by atoms with Crippen LogP contribution >= 0.6 is 11.3 Å². The van der Waals surface area contributed by atoms with Crippen molar-refractivity contribution in [2.24, 2.45) is 0 Å². The fraction of sp³-hybridized carbons (Fsp3) is 0.0612. The summed E-state index contributed by atoms with van der Waals surface area (Å²) in [5.74, 6) is 0.715. The number of fused-ring (bicyclic) bond motifs is 11. The molecule has 0 saturated carbocycles. The monoisotopic (exact) mass is 708 g/mol. The highest BCUT2D eigenvalue weighted by molar-refractivity contribution is 7.26. The van der Waals surface area contributed by atoms with Crippen molar-refractivity contribution in [2.45, 2.75) is 19.3 Å². The Kier molecular flexibility index (Phi) is 5.96. The summed E-state index contributed by atoms with van der Waals surface area (Å²) in [5, 5.41) is 6.18. The molecule has 1 aliphatic heterocycles. The van der Waals surface area contributed by atoms with Gasteiger partial charge < -0.3 is 9.13 Å². The van der Waals surface area contributed by atoms with Crippen LogP contribution in [-0.4, -0.2) is 19.1 Å². The Morgan fingerprint density at radius 1 is 0.500 bits per heavy atom. The van der Waals surface area contributed by atoms with Crippen LogP contribution in [0.15, 0.2) is 158 Å². The molecule has 0 fully saturated rings.